The molecule has 1 aromatic heterocycles. The lowest BCUT2D eigenvalue weighted by atomic mass is 9.77. The highest BCUT2D eigenvalue weighted by Crippen LogP contribution is 2.43. The van der Waals surface area contributed by atoms with E-state index in [2.05, 4.69) is 4.98 Å². The van der Waals surface area contributed by atoms with Crippen LogP contribution in [0.1, 0.15) is 37.2 Å². The molecule has 1 unspecified atom stereocenters. The number of hydrogen-bond acceptors (Lipinski definition) is 4. The van der Waals surface area contributed by atoms with Gasteiger partial charge in [0.05, 0.1) is 11.9 Å². The van der Waals surface area contributed by atoms with E-state index in [0.717, 1.165) is 23.3 Å². The van der Waals surface area contributed by atoms with Crippen LogP contribution >= 0.6 is 0 Å². The summed E-state index contributed by atoms with van der Waals surface area (Å²) in [5.74, 6) is 0.0103. The summed E-state index contributed by atoms with van der Waals surface area (Å²) in [6.07, 6.45) is 5.54. The first-order valence-corrected chi connectivity index (χ1v) is 8.43. The van der Waals surface area contributed by atoms with E-state index in [4.69, 9.17) is 0 Å². The first kappa shape index (κ1) is 15.6. The number of hydrogen-bond donors (Lipinski definition) is 1. The Hall–Kier alpha value is -2.95. The Balaban J connectivity index is 1.85. The standard InChI is InChI=1S/C20H18N2O3/c23-15-8-6-13(7-9-15)16-11-19(25)22(14-3-2-10-21-12-14)17-4-1-5-18(24)20(16)17/h2-3,6-10,12,16,23H,1,4-5,11H2. The molecule has 5 nitrogen and oxygen atoms in total. The highest BCUT2D eigenvalue weighted by molar-refractivity contribution is 6.07. The summed E-state index contributed by atoms with van der Waals surface area (Å²) in [6.45, 7) is 0. The van der Waals surface area contributed by atoms with E-state index in [-0.39, 0.29) is 29.8 Å². The molecule has 1 amide bonds. The van der Waals surface area contributed by atoms with E-state index in [0.29, 0.717) is 18.5 Å². The third-order valence-electron chi connectivity index (χ3n) is 4.87. The Bertz CT molecular complexity index is 856. The van der Waals surface area contributed by atoms with Gasteiger partial charge in [0, 0.05) is 36.2 Å². The van der Waals surface area contributed by atoms with Crippen molar-refractivity contribution in [3.63, 3.8) is 0 Å². The summed E-state index contributed by atoms with van der Waals surface area (Å²) in [5, 5.41) is 9.52. The summed E-state index contributed by atoms with van der Waals surface area (Å²) >= 11 is 0. The Labute approximate surface area is 145 Å². The number of phenolic OH excluding ortho intramolecular Hbond substituents is 1. The second-order valence-corrected chi connectivity index (χ2v) is 6.43. The normalized spacial score (nSPS) is 20.6. The molecule has 2 aliphatic rings. The van der Waals surface area contributed by atoms with Crippen LogP contribution in [-0.2, 0) is 9.59 Å². The first-order valence-electron chi connectivity index (χ1n) is 8.43. The van der Waals surface area contributed by atoms with Gasteiger partial charge in [0.25, 0.3) is 0 Å². The van der Waals surface area contributed by atoms with E-state index in [1.807, 2.05) is 6.07 Å². The van der Waals surface area contributed by atoms with Crippen LogP contribution in [-0.4, -0.2) is 21.8 Å². The number of anilines is 1. The number of aromatic nitrogens is 1. The number of benzene rings is 1. The van der Waals surface area contributed by atoms with Gasteiger partial charge < -0.3 is 5.11 Å². The molecular weight excluding hydrogens is 316 g/mol. The van der Waals surface area contributed by atoms with E-state index in [9.17, 15) is 14.7 Å². The quantitative estimate of drug-likeness (QED) is 0.914. The van der Waals surface area contributed by atoms with Crippen molar-refractivity contribution in [2.45, 2.75) is 31.6 Å². The van der Waals surface area contributed by atoms with Crippen LogP contribution in [0, 0.1) is 0 Å². The second kappa shape index (κ2) is 6.16. The van der Waals surface area contributed by atoms with Gasteiger partial charge in [0.2, 0.25) is 5.91 Å². The number of carbonyl (C=O) groups is 2. The molecule has 1 aliphatic heterocycles. The van der Waals surface area contributed by atoms with Gasteiger partial charge in [0.15, 0.2) is 5.78 Å². The number of amides is 1. The highest BCUT2D eigenvalue weighted by atomic mass is 16.3. The summed E-state index contributed by atoms with van der Waals surface area (Å²) in [7, 11) is 0. The first-order chi connectivity index (χ1) is 12.1. The zero-order chi connectivity index (χ0) is 17.4. The monoisotopic (exact) mass is 334 g/mol. The lowest BCUT2D eigenvalue weighted by Gasteiger charge is -2.38. The number of pyridine rings is 1. The molecule has 2 aromatic rings. The maximum atomic E-state index is 12.9. The molecule has 0 bridgehead atoms. The molecule has 0 saturated carbocycles. The average Bonchev–Trinajstić information content (AvgIpc) is 2.62. The molecule has 0 saturated heterocycles. The second-order valence-electron chi connectivity index (χ2n) is 6.43. The van der Waals surface area contributed by atoms with Crippen LogP contribution in [0.2, 0.25) is 0 Å². The van der Waals surface area contributed by atoms with Gasteiger partial charge in [-0.3, -0.25) is 19.5 Å². The van der Waals surface area contributed by atoms with E-state index >= 15 is 0 Å². The van der Waals surface area contributed by atoms with Gasteiger partial charge >= 0.3 is 0 Å². The lowest BCUT2D eigenvalue weighted by molar-refractivity contribution is -0.119. The molecule has 0 spiro atoms. The Kier molecular flexibility index (Phi) is 3.84. The van der Waals surface area contributed by atoms with Crippen molar-refractivity contribution in [1.82, 2.24) is 4.98 Å². The summed E-state index contributed by atoms with van der Waals surface area (Å²) < 4.78 is 0. The zero-order valence-electron chi connectivity index (χ0n) is 13.7. The molecular formula is C20H18N2O3. The number of ketones is 1. The highest BCUT2D eigenvalue weighted by Gasteiger charge is 2.39. The summed E-state index contributed by atoms with van der Waals surface area (Å²) in [6, 6.07) is 10.4. The molecule has 1 aromatic carbocycles. The number of allylic oxidation sites excluding steroid dienone is 2. The SMILES string of the molecule is O=C1CCCC2=C1C(c1ccc(O)cc1)CC(=O)N2c1cccnc1. The number of Topliss-reactive ketones (excluding diaryl/α,β-unsaturated/α-hetero) is 1. The predicted molar refractivity (Wildman–Crippen MR) is 93.1 cm³/mol. The molecule has 2 heterocycles. The van der Waals surface area contributed by atoms with Crippen LogP contribution in [0.5, 0.6) is 5.75 Å². The maximum Gasteiger partial charge on any atom is 0.232 e. The molecule has 0 radical (unpaired) electrons. The topological polar surface area (TPSA) is 70.5 Å². The smallest absolute Gasteiger partial charge is 0.232 e. The summed E-state index contributed by atoms with van der Waals surface area (Å²) in [4.78, 5) is 31.4. The number of rotatable bonds is 2. The zero-order valence-corrected chi connectivity index (χ0v) is 13.7. The third-order valence-corrected chi connectivity index (χ3v) is 4.87. The van der Waals surface area contributed by atoms with Crippen LogP contribution in [0.15, 0.2) is 60.1 Å². The van der Waals surface area contributed by atoms with E-state index in [1.165, 1.54) is 0 Å². The minimum atomic E-state index is -0.246. The van der Waals surface area contributed by atoms with Crippen LogP contribution in [0.25, 0.3) is 0 Å². The van der Waals surface area contributed by atoms with Gasteiger partial charge in [-0.25, -0.2) is 0 Å². The Morgan fingerprint density at radius 1 is 1.08 bits per heavy atom. The fourth-order valence-electron chi connectivity index (χ4n) is 3.77. The molecule has 1 N–H and O–H groups in total. The predicted octanol–water partition coefficient (Wildman–Crippen LogP) is 3.31. The lowest BCUT2D eigenvalue weighted by Crippen LogP contribution is -2.40. The minimum Gasteiger partial charge on any atom is -0.508 e. The molecule has 25 heavy (non-hydrogen) atoms. The molecule has 126 valence electrons. The van der Waals surface area contributed by atoms with Crippen LogP contribution < -0.4 is 4.90 Å². The minimum absolute atomic E-state index is 0.0282. The summed E-state index contributed by atoms with van der Waals surface area (Å²) in [5.41, 5.74) is 3.14. The largest absolute Gasteiger partial charge is 0.508 e. The van der Waals surface area contributed by atoms with Gasteiger partial charge in [-0.05, 0) is 42.7 Å². The van der Waals surface area contributed by atoms with Crippen LogP contribution in [0.4, 0.5) is 5.69 Å². The Morgan fingerprint density at radius 2 is 1.88 bits per heavy atom. The molecule has 5 heteroatoms. The fourth-order valence-corrected chi connectivity index (χ4v) is 3.77. The van der Waals surface area contributed by atoms with Crippen molar-refractivity contribution in [2.24, 2.45) is 0 Å². The molecule has 1 aliphatic carbocycles. The van der Waals surface area contributed by atoms with Crippen molar-refractivity contribution in [2.75, 3.05) is 4.90 Å². The van der Waals surface area contributed by atoms with Gasteiger partial charge in [-0.15, -0.1) is 0 Å². The number of carbonyl (C=O) groups excluding carboxylic acids is 2. The number of aromatic hydroxyl groups is 1. The Morgan fingerprint density at radius 3 is 2.60 bits per heavy atom. The van der Waals surface area contributed by atoms with Crippen molar-refractivity contribution >= 4 is 17.4 Å². The number of phenols is 1. The van der Waals surface area contributed by atoms with Crippen molar-refractivity contribution in [1.29, 1.82) is 0 Å². The van der Waals surface area contributed by atoms with Crippen LogP contribution in [0.3, 0.4) is 0 Å². The molecule has 0 fully saturated rings. The molecule has 1 atom stereocenters. The third kappa shape index (κ3) is 2.71. The van der Waals surface area contributed by atoms with Crippen molar-refractivity contribution < 1.29 is 14.7 Å². The van der Waals surface area contributed by atoms with E-state index in [1.54, 1.807) is 47.6 Å². The van der Waals surface area contributed by atoms with Gasteiger partial charge in [0.1, 0.15) is 5.75 Å². The number of nitrogens with zero attached hydrogens (tertiary/aromatic N) is 2. The fraction of sp³-hybridized carbons (Fsp3) is 0.250. The van der Waals surface area contributed by atoms with Gasteiger partial charge in [-0.1, -0.05) is 12.1 Å². The van der Waals surface area contributed by atoms with Crippen molar-refractivity contribution in [3.8, 4) is 5.75 Å². The maximum absolute atomic E-state index is 12.9. The van der Waals surface area contributed by atoms with E-state index < -0.39 is 0 Å². The van der Waals surface area contributed by atoms with Crippen molar-refractivity contribution in [3.05, 3.63) is 65.6 Å². The van der Waals surface area contributed by atoms with Gasteiger partial charge in [-0.2, -0.15) is 0 Å². The molecule has 4 rings (SSSR count). The average molecular weight is 334 g/mol.